The molecule has 7 heteroatoms. The predicted molar refractivity (Wildman–Crippen MR) is 86.0 cm³/mol. The average Bonchev–Trinajstić information content (AvgIpc) is 2.88. The first kappa shape index (κ1) is 16.7. The summed E-state index contributed by atoms with van der Waals surface area (Å²) in [6.45, 7) is 4.83. The highest BCUT2D eigenvalue weighted by Crippen LogP contribution is 2.29. The van der Waals surface area contributed by atoms with E-state index >= 15 is 0 Å². The summed E-state index contributed by atoms with van der Waals surface area (Å²) in [6.07, 6.45) is 0. The number of aliphatic hydroxyl groups is 1. The number of hydrogen-bond donors (Lipinski definition) is 4. The molecule has 2 amide bonds. The maximum Gasteiger partial charge on any atom is 0.271 e. The van der Waals surface area contributed by atoms with E-state index in [1.165, 1.54) is 6.92 Å². The number of rotatable bonds is 5. The summed E-state index contributed by atoms with van der Waals surface area (Å²) in [4.78, 5) is 23.9. The second kappa shape index (κ2) is 6.21. The number of H-pyrrole nitrogens is 1. The number of nitrogens with one attached hydrogen (secondary N) is 2. The smallest absolute Gasteiger partial charge is 0.271 e. The molecule has 5 N–H and O–H groups in total. The standard InChI is InChI=1S/C16H20N4O3/c1-9(11-7-5-4-6-8-11)16(3,23)15(22)18-12-10(2)19-20-13(12)14(17)21/h4-9,23H,1-3H3,(H2,17,21)(H,18,22)(H,19,20)/t9-,16+/m0/s1. The Hall–Kier alpha value is -2.67. The number of nitrogens with zero attached hydrogens (tertiary/aromatic N) is 1. The SMILES string of the molecule is Cc1[nH]nc(C(N)=O)c1NC(=O)[C@](C)(O)[C@@H](C)c1ccccc1. The topological polar surface area (TPSA) is 121 Å². The number of anilines is 1. The Morgan fingerprint density at radius 1 is 1.35 bits per heavy atom. The Balaban J connectivity index is 2.26. The van der Waals surface area contributed by atoms with Crippen molar-refractivity contribution < 1.29 is 14.7 Å². The van der Waals surface area contributed by atoms with Crippen LogP contribution in [-0.2, 0) is 4.79 Å². The van der Waals surface area contributed by atoms with E-state index in [1.807, 2.05) is 30.3 Å². The van der Waals surface area contributed by atoms with Crippen molar-refractivity contribution in [3.8, 4) is 0 Å². The molecule has 1 aromatic heterocycles. The molecule has 0 aliphatic heterocycles. The molecule has 2 atom stereocenters. The van der Waals surface area contributed by atoms with Crippen LogP contribution in [0.1, 0.15) is 41.5 Å². The van der Waals surface area contributed by atoms with Crippen LogP contribution in [0.25, 0.3) is 0 Å². The first-order chi connectivity index (χ1) is 10.7. The first-order valence-corrected chi connectivity index (χ1v) is 7.18. The number of aromatic nitrogens is 2. The number of aromatic amines is 1. The van der Waals surface area contributed by atoms with E-state index in [2.05, 4.69) is 15.5 Å². The Bertz CT molecular complexity index is 722. The molecule has 0 aliphatic carbocycles. The predicted octanol–water partition coefficient (Wildman–Crippen LogP) is 1.31. The van der Waals surface area contributed by atoms with E-state index in [0.29, 0.717) is 5.69 Å². The molecule has 0 radical (unpaired) electrons. The fourth-order valence-corrected chi connectivity index (χ4v) is 2.26. The number of primary amides is 1. The summed E-state index contributed by atoms with van der Waals surface area (Å²) in [5.41, 5.74) is 4.97. The second-order valence-corrected chi connectivity index (χ2v) is 5.67. The zero-order valence-corrected chi connectivity index (χ0v) is 13.3. The number of aryl methyl sites for hydroxylation is 1. The van der Waals surface area contributed by atoms with Crippen molar-refractivity contribution in [2.24, 2.45) is 5.73 Å². The zero-order chi connectivity index (χ0) is 17.2. The third kappa shape index (κ3) is 3.24. The molecule has 0 unspecified atom stereocenters. The maximum atomic E-state index is 12.5. The summed E-state index contributed by atoms with van der Waals surface area (Å²) < 4.78 is 0. The highest BCUT2D eigenvalue weighted by Gasteiger charge is 2.38. The van der Waals surface area contributed by atoms with Crippen molar-refractivity contribution in [3.63, 3.8) is 0 Å². The van der Waals surface area contributed by atoms with Crippen LogP contribution in [0.5, 0.6) is 0 Å². The molecule has 7 nitrogen and oxygen atoms in total. The highest BCUT2D eigenvalue weighted by atomic mass is 16.3. The second-order valence-electron chi connectivity index (χ2n) is 5.67. The van der Waals surface area contributed by atoms with Crippen molar-refractivity contribution in [1.82, 2.24) is 10.2 Å². The quantitative estimate of drug-likeness (QED) is 0.664. The summed E-state index contributed by atoms with van der Waals surface area (Å²) in [5, 5.41) is 19.6. The lowest BCUT2D eigenvalue weighted by Gasteiger charge is -2.29. The van der Waals surface area contributed by atoms with E-state index in [4.69, 9.17) is 5.73 Å². The summed E-state index contributed by atoms with van der Waals surface area (Å²) in [6, 6.07) is 9.21. The van der Waals surface area contributed by atoms with Gasteiger partial charge in [-0.2, -0.15) is 5.10 Å². The van der Waals surface area contributed by atoms with Crippen LogP contribution >= 0.6 is 0 Å². The van der Waals surface area contributed by atoms with Crippen LogP contribution in [0.3, 0.4) is 0 Å². The molecule has 0 spiro atoms. The van der Waals surface area contributed by atoms with Gasteiger partial charge >= 0.3 is 0 Å². The molecule has 0 bridgehead atoms. The molecule has 0 saturated carbocycles. The molecule has 0 aliphatic rings. The molecule has 0 saturated heterocycles. The van der Waals surface area contributed by atoms with Gasteiger partial charge in [-0.05, 0) is 19.4 Å². The van der Waals surface area contributed by atoms with Crippen LogP contribution in [0, 0.1) is 6.92 Å². The molecule has 2 aromatic rings. The largest absolute Gasteiger partial charge is 0.380 e. The van der Waals surface area contributed by atoms with Crippen molar-refractivity contribution in [2.75, 3.05) is 5.32 Å². The van der Waals surface area contributed by atoms with E-state index in [1.54, 1.807) is 13.8 Å². The van der Waals surface area contributed by atoms with Crippen LogP contribution < -0.4 is 11.1 Å². The van der Waals surface area contributed by atoms with E-state index in [0.717, 1.165) is 5.56 Å². The van der Waals surface area contributed by atoms with Gasteiger partial charge in [-0.1, -0.05) is 37.3 Å². The Labute approximate surface area is 133 Å². The number of hydrogen-bond acceptors (Lipinski definition) is 4. The Kier molecular flexibility index (Phi) is 4.51. The summed E-state index contributed by atoms with van der Waals surface area (Å²) in [7, 11) is 0. The minimum Gasteiger partial charge on any atom is -0.380 e. The summed E-state index contributed by atoms with van der Waals surface area (Å²) >= 11 is 0. The molecule has 23 heavy (non-hydrogen) atoms. The molecular weight excluding hydrogens is 296 g/mol. The molecule has 1 heterocycles. The normalized spacial score (nSPS) is 14.8. The van der Waals surface area contributed by atoms with Gasteiger partial charge in [0.05, 0.1) is 11.4 Å². The molecule has 0 fully saturated rings. The highest BCUT2D eigenvalue weighted by molar-refractivity contribution is 6.04. The van der Waals surface area contributed by atoms with E-state index in [-0.39, 0.29) is 11.4 Å². The lowest BCUT2D eigenvalue weighted by Crippen LogP contribution is -2.44. The molecular formula is C16H20N4O3. The third-order valence-corrected chi connectivity index (χ3v) is 4.02. The maximum absolute atomic E-state index is 12.5. The zero-order valence-electron chi connectivity index (χ0n) is 13.3. The monoisotopic (exact) mass is 316 g/mol. The van der Waals surface area contributed by atoms with Gasteiger partial charge in [0.1, 0.15) is 5.60 Å². The van der Waals surface area contributed by atoms with Crippen LogP contribution in [-0.4, -0.2) is 32.7 Å². The van der Waals surface area contributed by atoms with Gasteiger partial charge < -0.3 is 16.2 Å². The first-order valence-electron chi connectivity index (χ1n) is 7.18. The van der Waals surface area contributed by atoms with Crippen molar-refractivity contribution in [3.05, 3.63) is 47.3 Å². The fraction of sp³-hybridized carbons (Fsp3) is 0.312. The Morgan fingerprint density at radius 3 is 2.52 bits per heavy atom. The number of carbonyl (C=O) groups is 2. The average molecular weight is 316 g/mol. The fourth-order valence-electron chi connectivity index (χ4n) is 2.26. The van der Waals surface area contributed by atoms with Gasteiger partial charge in [0.25, 0.3) is 11.8 Å². The van der Waals surface area contributed by atoms with Gasteiger partial charge in [0, 0.05) is 5.92 Å². The Morgan fingerprint density at radius 2 is 1.96 bits per heavy atom. The third-order valence-electron chi connectivity index (χ3n) is 4.02. The number of nitrogens with two attached hydrogens (primary N) is 1. The van der Waals surface area contributed by atoms with Crippen LogP contribution in [0.15, 0.2) is 30.3 Å². The van der Waals surface area contributed by atoms with Crippen LogP contribution in [0.4, 0.5) is 5.69 Å². The van der Waals surface area contributed by atoms with Crippen molar-refractivity contribution >= 4 is 17.5 Å². The summed E-state index contributed by atoms with van der Waals surface area (Å²) in [5.74, 6) is -1.85. The number of benzene rings is 1. The lowest BCUT2D eigenvalue weighted by molar-refractivity contribution is -0.134. The molecule has 2 rings (SSSR count). The van der Waals surface area contributed by atoms with Gasteiger partial charge in [0.2, 0.25) is 0 Å². The van der Waals surface area contributed by atoms with Crippen molar-refractivity contribution in [2.45, 2.75) is 32.3 Å². The van der Waals surface area contributed by atoms with Crippen molar-refractivity contribution in [1.29, 1.82) is 0 Å². The molecule has 122 valence electrons. The van der Waals surface area contributed by atoms with Gasteiger partial charge in [-0.15, -0.1) is 0 Å². The van der Waals surface area contributed by atoms with Gasteiger partial charge in [-0.3, -0.25) is 14.7 Å². The lowest BCUT2D eigenvalue weighted by atomic mass is 9.84. The number of carbonyl (C=O) groups excluding carboxylic acids is 2. The van der Waals surface area contributed by atoms with Crippen LogP contribution in [0.2, 0.25) is 0 Å². The van der Waals surface area contributed by atoms with Gasteiger partial charge in [-0.25, -0.2) is 0 Å². The molecule has 1 aromatic carbocycles. The minimum absolute atomic E-state index is 0.0704. The minimum atomic E-state index is -1.68. The van der Waals surface area contributed by atoms with Gasteiger partial charge in [0.15, 0.2) is 5.69 Å². The van der Waals surface area contributed by atoms with E-state index in [9.17, 15) is 14.7 Å². The number of amides is 2. The van der Waals surface area contributed by atoms with E-state index < -0.39 is 23.3 Å².